The number of hydrogen-bond acceptors (Lipinski definition) is 3. The van der Waals surface area contributed by atoms with Crippen molar-refractivity contribution in [3.05, 3.63) is 0 Å². The summed E-state index contributed by atoms with van der Waals surface area (Å²) in [6.07, 6.45) is 0. The molecule has 0 bridgehead atoms. The molecule has 0 saturated carbocycles. The van der Waals surface area contributed by atoms with Crippen molar-refractivity contribution in [2.45, 2.75) is 13.8 Å². The van der Waals surface area contributed by atoms with E-state index in [1.807, 2.05) is 0 Å². The van der Waals surface area contributed by atoms with Crippen LogP contribution in [0.2, 0.25) is 0 Å². The van der Waals surface area contributed by atoms with Crippen molar-refractivity contribution in [1.29, 1.82) is 0 Å². The lowest BCUT2D eigenvalue weighted by Crippen LogP contribution is -1.69. The van der Waals surface area contributed by atoms with Crippen LogP contribution in [0.1, 0.15) is 13.8 Å². The summed E-state index contributed by atoms with van der Waals surface area (Å²) in [5, 5.41) is 0. The van der Waals surface area contributed by atoms with Crippen LogP contribution in [0.25, 0.3) is 0 Å². The van der Waals surface area contributed by atoms with Gasteiger partial charge in [0.2, 0.25) is 0 Å². The third-order valence-corrected chi connectivity index (χ3v) is 0. The molecule has 0 aromatic rings. The zero-order valence-electron chi connectivity index (χ0n) is 4.89. The van der Waals surface area contributed by atoms with Gasteiger partial charge in [-0.3, -0.25) is 0 Å². The van der Waals surface area contributed by atoms with E-state index in [-0.39, 0.29) is 5.78 Å². The molecule has 9 heavy (non-hydrogen) atoms. The van der Waals surface area contributed by atoms with Crippen molar-refractivity contribution in [3.63, 3.8) is 0 Å². The van der Waals surface area contributed by atoms with Crippen LogP contribution >= 0.6 is 21.4 Å². The molecule has 0 rings (SSSR count). The van der Waals surface area contributed by atoms with Gasteiger partial charge >= 0.3 is 8.26 Å². The van der Waals surface area contributed by atoms with Gasteiger partial charge < -0.3 is 4.79 Å². The first kappa shape index (κ1) is 11.9. The second kappa shape index (κ2) is 5.02. The monoisotopic (exact) mass is 192 g/mol. The maximum atomic E-state index is 9.44. The van der Waals surface area contributed by atoms with Crippen molar-refractivity contribution in [2.24, 2.45) is 0 Å². The van der Waals surface area contributed by atoms with E-state index in [9.17, 15) is 4.79 Å². The summed E-state index contributed by atoms with van der Waals surface area (Å²) >= 11 is 0. The standard InChI is InChI=1S/C3H6O.Cl2O2S/c1-3(2)4;1-5(2,3)4/h1-2H3;. The Morgan fingerprint density at radius 3 is 1.22 bits per heavy atom. The highest BCUT2D eigenvalue weighted by atomic mass is 36.0. The smallest absolute Gasteiger partial charge is 0.300 e. The Morgan fingerprint density at radius 1 is 1.22 bits per heavy atom. The highest BCUT2D eigenvalue weighted by molar-refractivity contribution is 8.31. The Morgan fingerprint density at radius 2 is 1.22 bits per heavy atom. The van der Waals surface area contributed by atoms with Gasteiger partial charge in [0.05, 0.1) is 0 Å². The zero-order valence-corrected chi connectivity index (χ0v) is 7.22. The highest BCUT2D eigenvalue weighted by Crippen LogP contribution is 1.98. The van der Waals surface area contributed by atoms with Gasteiger partial charge in [0.15, 0.2) is 0 Å². The van der Waals surface area contributed by atoms with Crippen molar-refractivity contribution >= 4 is 35.4 Å². The maximum Gasteiger partial charge on any atom is 0.317 e. The SMILES string of the molecule is CC(C)=O.O=S(=O)(Cl)Cl. The molecule has 0 aromatic heterocycles. The second-order valence-corrected chi connectivity index (χ2v) is 4.95. The molecule has 0 fully saturated rings. The van der Waals surface area contributed by atoms with Gasteiger partial charge in [-0.15, -0.1) is 0 Å². The van der Waals surface area contributed by atoms with Gasteiger partial charge in [-0.2, -0.15) is 8.42 Å². The Labute approximate surface area is 62.9 Å². The zero-order chi connectivity index (χ0) is 8.08. The Hall–Kier alpha value is 0.200. The molecule has 0 radical (unpaired) electrons. The van der Waals surface area contributed by atoms with E-state index in [1.54, 1.807) is 0 Å². The lowest BCUT2D eigenvalue weighted by Gasteiger charge is -1.61. The molecule has 3 nitrogen and oxygen atoms in total. The molecule has 6 heteroatoms. The van der Waals surface area contributed by atoms with E-state index in [2.05, 4.69) is 21.4 Å². The minimum absolute atomic E-state index is 0.167. The quantitative estimate of drug-likeness (QED) is 0.545. The van der Waals surface area contributed by atoms with E-state index in [4.69, 9.17) is 8.42 Å². The van der Waals surface area contributed by atoms with E-state index < -0.39 is 8.26 Å². The Balaban J connectivity index is 0. The average Bonchev–Trinajstić information content (AvgIpc) is 1.19. The van der Waals surface area contributed by atoms with Crippen LogP contribution in [0.4, 0.5) is 0 Å². The molecule has 0 aliphatic heterocycles. The molecule has 0 N–H and O–H groups in total. The van der Waals surface area contributed by atoms with Gasteiger partial charge in [-0.25, -0.2) is 0 Å². The summed E-state index contributed by atoms with van der Waals surface area (Å²) in [5.74, 6) is 0.167. The Kier molecular flexibility index (Phi) is 6.66. The molecule has 0 amide bonds. The van der Waals surface area contributed by atoms with Crippen molar-refractivity contribution in [2.75, 3.05) is 0 Å². The first-order valence-corrected chi connectivity index (χ1v) is 4.98. The number of hydrogen-bond donors (Lipinski definition) is 0. The number of Topliss-reactive ketones (excluding diaryl/α,β-unsaturated/α-hetero) is 1. The molecular weight excluding hydrogens is 187 g/mol. The van der Waals surface area contributed by atoms with Crippen LogP contribution < -0.4 is 0 Å². The van der Waals surface area contributed by atoms with E-state index in [0.29, 0.717) is 0 Å². The van der Waals surface area contributed by atoms with E-state index in [1.165, 1.54) is 13.8 Å². The fraction of sp³-hybridized carbons (Fsp3) is 0.667. The number of carbonyl (C=O) groups excluding carboxylic acids is 1. The third kappa shape index (κ3) is 7880. The topological polar surface area (TPSA) is 51.2 Å². The number of ketones is 1. The van der Waals surface area contributed by atoms with E-state index >= 15 is 0 Å². The first-order chi connectivity index (χ1) is 3.73. The predicted octanol–water partition coefficient (Wildman–Crippen LogP) is 1.30. The van der Waals surface area contributed by atoms with Gasteiger partial charge in [-0.05, 0) is 13.8 Å². The molecular formula is C3H6Cl2O3S. The van der Waals surface area contributed by atoms with Crippen LogP contribution in [0.5, 0.6) is 0 Å². The molecule has 0 spiro atoms. The first-order valence-electron chi connectivity index (χ1n) is 1.85. The van der Waals surface area contributed by atoms with Crippen LogP contribution in [0, 0.1) is 0 Å². The Bertz CT molecular complexity index is 159. The number of carbonyl (C=O) groups is 1. The van der Waals surface area contributed by atoms with Crippen molar-refractivity contribution in [1.82, 2.24) is 0 Å². The van der Waals surface area contributed by atoms with Gasteiger partial charge in [0, 0.05) is 21.4 Å². The lowest BCUT2D eigenvalue weighted by atomic mass is 10.6. The summed E-state index contributed by atoms with van der Waals surface area (Å²) in [5.41, 5.74) is 0. The van der Waals surface area contributed by atoms with Gasteiger partial charge in [0.25, 0.3) is 0 Å². The minimum Gasteiger partial charge on any atom is -0.300 e. The molecule has 0 heterocycles. The predicted molar refractivity (Wildman–Crippen MR) is 37.0 cm³/mol. The van der Waals surface area contributed by atoms with Crippen molar-refractivity contribution in [3.8, 4) is 0 Å². The normalized spacial score (nSPS) is 9.33. The highest BCUT2D eigenvalue weighted by Gasteiger charge is 1.88. The van der Waals surface area contributed by atoms with Crippen LogP contribution in [-0.4, -0.2) is 14.2 Å². The fourth-order valence-corrected chi connectivity index (χ4v) is 0. The second-order valence-electron chi connectivity index (χ2n) is 1.29. The van der Waals surface area contributed by atoms with Crippen molar-refractivity contribution < 1.29 is 13.2 Å². The van der Waals surface area contributed by atoms with Crippen LogP contribution in [0.15, 0.2) is 0 Å². The maximum absolute atomic E-state index is 9.44. The molecule has 56 valence electrons. The molecule has 0 saturated heterocycles. The largest absolute Gasteiger partial charge is 0.317 e. The summed E-state index contributed by atoms with van der Waals surface area (Å²) in [4.78, 5) is 9.44. The molecule has 0 aliphatic rings. The molecule has 0 aliphatic carbocycles. The molecule has 0 unspecified atom stereocenters. The van der Waals surface area contributed by atoms with Crippen LogP contribution in [-0.2, 0) is 13.1 Å². The average molecular weight is 193 g/mol. The van der Waals surface area contributed by atoms with Gasteiger partial charge in [0.1, 0.15) is 5.78 Å². The third-order valence-electron chi connectivity index (χ3n) is 0. The number of rotatable bonds is 0. The van der Waals surface area contributed by atoms with Crippen LogP contribution in [0.3, 0.4) is 0 Å². The number of halogens is 2. The summed E-state index contributed by atoms with van der Waals surface area (Å²) in [7, 11) is 4.81. The fourth-order valence-electron chi connectivity index (χ4n) is 0. The van der Waals surface area contributed by atoms with Gasteiger partial charge in [-0.1, -0.05) is 0 Å². The summed E-state index contributed by atoms with van der Waals surface area (Å²) in [6, 6.07) is 0. The molecule has 0 atom stereocenters. The summed E-state index contributed by atoms with van der Waals surface area (Å²) < 4.78 is 18.3. The summed E-state index contributed by atoms with van der Waals surface area (Å²) in [6.45, 7) is 3.06. The minimum atomic E-state index is -3.72. The molecule has 0 aromatic carbocycles. The lowest BCUT2D eigenvalue weighted by molar-refractivity contribution is -0.114. The van der Waals surface area contributed by atoms with E-state index in [0.717, 1.165) is 0 Å².